The molecule has 1 fully saturated rings. The summed E-state index contributed by atoms with van der Waals surface area (Å²) in [4.78, 5) is 41.7. The Morgan fingerprint density at radius 2 is 1.91 bits per heavy atom. The molecule has 1 atom stereocenters. The van der Waals surface area contributed by atoms with E-state index >= 15 is 0 Å². The first-order valence-corrected chi connectivity index (χ1v) is 11.9. The van der Waals surface area contributed by atoms with Crippen LogP contribution in [0.3, 0.4) is 0 Å². The zero-order valence-corrected chi connectivity index (χ0v) is 20.0. The van der Waals surface area contributed by atoms with Crippen LogP contribution in [0.15, 0.2) is 53.2 Å². The molecular weight excluding hydrogens is 446 g/mol. The average molecular weight is 478 g/mol. The zero-order chi connectivity index (χ0) is 24.8. The number of aromatic nitrogens is 2. The topological polar surface area (TPSA) is 118 Å². The first-order valence-electron chi connectivity index (χ1n) is 11.9. The number of nitrogens with zero attached hydrogens (tertiary/aromatic N) is 2. The van der Waals surface area contributed by atoms with Crippen molar-refractivity contribution < 1.29 is 18.8 Å². The molecule has 3 amide bonds. The number of amides is 3. The maximum Gasteiger partial charge on any atom is 0.287 e. The van der Waals surface area contributed by atoms with Crippen molar-refractivity contribution in [1.29, 1.82) is 0 Å². The quantitative estimate of drug-likeness (QED) is 0.461. The van der Waals surface area contributed by atoms with Crippen LogP contribution in [0, 0.1) is 5.92 Å². The van der Waals surface area contributed by atoms with Gasteiger partial charge in [0.15, 0.2) is 11.6 Å². The molecule has 35 heavy (non-hydrogen) atoms. The van der Waals surface area contributed by atoms with Crippen LogP contribution >= 0.6 is 0 Å². The maximum atomic E-state index is 12.9. The van der Waals surface area contributed by atoms with Crippen LogP contribution in [0.5, 0.6) is 0 Å². The maximum absolute atomic E-state index is 12.9. The van der Waals surface area contributed by atoms with Gasteiger partial charge >= 0.3 is 0 Å². The lowest BCUT2D eigenvalue weighted by atomic mass is 9.83. The number of rotatable bonds is 8. The third-order valence-corrected chi connectivity index (χ3v) is 6.46. The van der Waals surface area contributed by atoms with E-state index in [0.717, 1.165) is 43.2 Å². The van der Waals surface area contributed by atoms with Crippen LogP contribution in [-0.4, -0.2) is 40.4 Å². The molecule has 1 saturated carbocycles. The summed E-state index contributed by atoms with van der Waals surface area (Å²) in [5.74, 6) is 0.292. The molecular formula is C26H31N5O4. The minimum absolute atomic E-state index is 0.125. The normalized spacial score (nSPS) is 14.8. The van der Waals surface area contributed by atoms with Gasteiger partial charge in [0.05, 0.1) is 0 Å². The van der Waals surface area contributed by atoms with Crippen molar-refractivity contribution in [3.05, 3.63) is 65.9 Å². The molecule has 0 spiro atoms. The number of furan rings is 1. The lowest BCUT2D eigenvalue weighted by molar-refractivity contribution is -0.124. The van der Waals surface area contributed by atoms with E-state index in [1.165, 1.54) is 0 Å². The first-order chi connectivity index (χ1) is 17.0. The number of likely N-dealkylation sites (N-methyl/N-ethyl adjacent to an activating group) is 1. The van der Waals surface area contributed by atoms with Gasteiger partial charge in [-0.25, -0.2) is 4.98 Å². The molecule has 0 aliphatic heterocycles. The Labute approximate surface area is 204 Å². The van der Waals surface area contributed by atoms with Gasteiger partial charge in [0.2, 0.25) is 5.91 Å². The number of imidazole rings is 1. The number of hydrogen-bond acceptors (Lipinski definition) is 5. The summed E-state index contributed by atoms with van der Waals surface area (Å²) in [5.41, 5.74) is 1.66. The molecule has 0 bridgehead atoms. The Balaban J connectivity index is 1.42. The summed E-state index contributed by atoms with van der Waals surface area (Å²) >= 11 is 0. The predicted molar refractivity (Wildman–Crippen MR) is 130 cm³/mol. The van der Waals surface area contributed by atoms with Gasteiger partial charge < -0.3 is 24.9 Å². The Morgan fingerprint density at radius 1 is 1.11 bits per heavy atom. The van der Waals surface area contributed by atoms with Gasteiger partial charge in [-0.1, -0.05) is 37.5 Å². The third-order valence-electron chi connectivity index (χ3n) is 6.46. The molecule has 2 aromatic heterocycles. The lowest BCUT2D eigenvalue weighted by Crippen LogP contribution is -2.50. The highest BCUT2D eigenvalue weighted by molar-refractivity contribution is 5.96. The largest absolute Gasteiger partial charge is 0.451 e. The second-order valence-electron chi connectivity index (χ2n) is 8.87. The van der Waals surface area contributed by atoms with Gasteiger partial charge in [-0.05, 0) is 42.5 Å². The van der Waals surface area contributed by atoms with Crippen molar-refractivity contribution >= 4 is 17.7 Å². The van der Waals surface area contributed by atoms with Gasteiger partial charge in [0.25, 0.3) is 11.8 Å². The average Bonchev–Trinajstić information content (AvgIpc) is 3.55. The zero-order valence-electron chi connectivity index (χ0n) is 20.0. The van der Waals surface area contributed by atoms with Crippen LogP contribution in [0.4, 0.5) is 0 Å². The Kier molecular flexibility index (Phi) is 7.64. The minimum Gasteiger partial charge on any atom is -0.451 e. The highest BCUT2D eigenvalue weighted by atomic mass is 16.4. The molecule has 0 radical (unpaired) electrons. The van der Waals surface area contributed by atoms with Crippen LogP contribution < -0.4 is 16.0 Å². The van der Waals surface area contributed by atoms with Crippen molar-refractivity contribution in [1.82, 2.24) is 25.5 Å². The smallest absolute Gasteiger partial charge is 0.287 e. The molecule has 1 aliphatic rings. The molecule has 4 rings (SSSR count). The molecule has 184 valence electrons. The van der Waals surface area contributed by atoms with E-state index < -0.39 is 11.9 Å². The highest BCUT2D eigenvalue weighted by Gasteiger charge is 2.31. The fraction of sp³-hybridized carbons (Fsp3) is 0.385. The van der Waals surface area contributed by atoms with Crippen LogP contribution in [0.2, 0.25) is 0 Å². The Morgan fingerprint density at radius 3 is 2.63 bits per heavy atom. The lowest BCUT2D eigenvalue weighted by Gasteiger charge is -2.29. The standard InChI is InChI=1S/C26H31N5O4/c1-27-25(33)22(18-8-4-3-5-9-18)30-24(32)21-12-11-20(35-21)19-10-6-7-17(15-19)16-29-26(34)23-28-13-14-31(23)2/h6-7,10-15,18,22H,3-5,8-9,16H2,1-2H3,(H,27,33)(H,29,34)(H,30,32)/t22-/m0/s1. The van der Waals surface area contributed by atoms with E-state index in [0.29, 0.717) is 18.1 Å². The van der Waals surface area contributed by atoms with E-state index in [-0.39, 0.29) is 23.5 Å². The summed E-state index contributed by atoms with van der Waals surface area (Å²) in [7, 11) is 3.35. The minimum atomic E-state index is -0.577. The second kappa shape index (κ2) is 11.0. The number of carbonyl (C=O) groups excluding carboxylic acids is 3. The SMILES string of the molecule is CNC(=O)[C@@H](NC(=O)c1ccc(-c2cccc(CNC(=O)c3nccn3C)c2)o1)C1CCCCC1. The van der Waals surface area contributed by atoms with Crippen LogP contribution in [0.25, 0.3) is 11.3 Å². The van der Waals surface area contributed by atoms with Crippen molar-refractivity contribution in [2.45, 2.75) is 44.7 Å². The second-order valence-corrected chi connectivity index (χ2v) is 8.87. The van der Waals surface area contributed by atoms with E-state index in [4.69, 9.17) is 4.42 Å². The molecule has 2 heterocycles. The van der Waals surface area contributed by atoms with Gasteiger partial charge in [-0.2, -0.15) is 0 Å². The van der Waals surface area contributed by atoms with Crippen LogP contribution in [-0.2, 0) is 18.4 Å². The van der Waals surface area contributed by atoms with Gasteiger partial charge in [-0.15, -0.1) is 0 Å². The van der Waals surface area contributed by atoms with E-state index in [1.54, 1.807) is 43.2 Å². The van der Waals surface area contributed by atoms with Crippen molar-refractivity contribution in [3.8, 4) is 11.3 Å². The van der Waals surface area contributed by atoms with Crippen molar-refractivity contribution in [2.24, 2.45) is 13.0 Å². The van der Waals surface area contributed by atoms with Gasteiger partial charge in [0, 0.05) is 38.6 Å². The number of aryl methyl sites for hydroxylation is 1. The summed E-state index contributed by atoms with van der Waals surface area (Å²) in [6.07, 6.45) is 8.43. The predicted octanol–water partition coefficient (Wildman–Crippen LogP) is 3.03. The third kappa shape index (κ3) is 5.79. The van der Waals surface area contributed by atoms with Crippen molar-refractivity contribution in [3.63, 3.8) is 0 Å². The molecule has 3 N–H and O–H groups in total. The summed E-state index contributed by atoms with van der Waals surface area (Å²) < 4.78 is 7.50. The molecule has 9 heteroatoms. The molecule has 0 saturated heterocycles. The Hall–Kier alpha value is -3.88. The van der Waals surface area contributed by atoms with E-state index in [2.05, 4.69) is 20.9 Å². The summed E-state index contributed by atoms with van der Waals surface area (Å²) in [6.45, 7) is 0.322. The summed E-state index contributed by atoms with van der Waals surface area (Å²) in [6, 6.07) is 10.3. The van der Waals surface area contributed by atoms with Gasteiger partial charge in [-0.3, -0.25) is 14.4 Å². The molecule has 1 aliphatic carbocycles. The number of hydrogen-bond donors (Lipinski definition) is 3. The highest BCUT2D eigenvalue weighted by Crippen LogP contribution is 2.27. The monoisotopic (exact) mass is 477 g/mol. The number of nitrogens with one attached hydrogen (secondary N) is 3. The molecule has 9 nitrogen and oxygen atoms in total. The Bertz CT molecular complexity index is 1190. The first kappa shape index (κ1) is 24.3. The number of benzene rings is 1. The van der Waals surface area contributed by atoms with Gasteiger partial charge in [0.1, 0.15) is 11.8 Å². The van der Waals surface area contributed by atoms with E-state index in [1.807, 2.05) is 24.3 Å². The fourth-order valence-electron chi connectivity index (χ4n) is 4.53. The summed E-state index contributed by atoms with van der Waals surface area (Å²) in [5, 5.41) is 8.41. The fourth-order valence-corrected chi connectivity index (χ4v) is 4.53. The molecule has 0 unspecified atom stereocenters. The van der Waals surface area contributed by atoms with Crippen molar-refractivity contribution in [2.75, 3.05) is 7.05 Å². The molecule has 1 aromatic carbocycles. The van der Waals surface area contributed by atoms with E-state index in [9.17, 15) is 14.4 Å². The van der Waals surface area contributed by atoms with Crippen LogP contribution in [0.1, 0.15) is 58.8 Å². The molecule has 3 aromatic rings. The number of carbonyl (C=O) groups is 3.